The Balaban J connectivity index is 1.46. The van der Waals surface area contributed by atoms with Gasteiger partial charge in [-0.25, -0.2) is 9.97 Å². The van der Waals surface area contributed by atoms with E-state index in [9.17, 15) is 10.2 Å². The predicted molar refractivity (Wildman–Crippen MR) is 134 cm³/mol. The second-order valence-corrected chi connectivity index (χ2v) is 9.25. The van der Waals surface area contributed by atoms with Crippen molar-refractivity contribution < 1.29 is 19.7 Å². The average molecular weight is 511 g/mol. The molecule has 4 aromatic rings. The van der Waals surface area contributed by atoms with E-state index >= 15 is 0 Å². The number of hydrogen-bond donors (Lipinski definition) is 3. The topological polar surface area (TPSA) is 110 Å². The minimum atomic E-state index is -1.04. The molecule has 5 rings (SSSR count). The number of nitrogens with zero attached hydrogens (tertiary/aromatic N) is 3. The van der Waals surface area contributed by atoms with Crippen LogP contribution in [-0.4, -0.2) is 31.8 Å². The van der Waals surface area contributed by atoms with E-state index in [0.717, 1.165) is 30.5 Å². The summed E-state index contributed by atoms with van der Waals surface area (Å²) in [6.07, 6.45) is 4.88. The first-order chi connectivity index (χ1) is 17.1. The molecular weight excluding hydrogens is 488 g/mol. The van der Waals surface area contributed by atoms with Crippen molar-refractivity contribution in [3.8, 4) is 17.2 Å². The smallest absolute Gasteiger partial charge is 0.188 e. The van der Waals surface area contributed by atoms with Crippen LogP contribution >= 0.6 is 22.9 Å². The number of thiazole rings is 1. The maximum Gasteiger partial charge on any atom is 0.188 e. The van der Waals surface area contributed by atoms with Gasteiger partial charge in [-0.1, -0.05) is 29.8 Å². The Morgan fingerprint density at radius 1 is 1.17 bits per heavy atom. The highest BCUT2D eigenvalue weighted by Gasteiger charge is 2.24. The van der Waals surface area contributed by atoms with Crippen molar-refractivity contribution >= 4 is 33.9 Å². The Kier molecular flexibility index (Phi) is 7.10. The third-order valence-electron chi connectivity index (χ3n) is 5.58. The van der Waals surface area contributed by atoms with E-state index < -0.39 is 12.7 Å². The van der Waals surface area contributed by atoms with Crippen LogP contribution in [0, 0.1) is 0 Å². The minimum absolute atomic E-state index is 0.187. The number of ether oxygens (including phenoxy) is 2. The molecule has 2 unspecified atom stereocenters. The van der Waals surface area contributed by atoms with Crippen molar-refractivity contribution in [2.45, 2.75) is 31.5 Å². The number of aryl methyl sites for hydroxylation is 1. The minimum Gasteiger partial charge on any atom is -0.482 e. The molecule has 1 aromatic carbocycles. The van der Waals surface area contributed by atoms with Gasteiger partial charge in [-0.3, -0.25) is 4.98 Å². The Labute approximate surface area is 211 Å². The fraction of sp³-hybridized carbons (Fsp3) is 0.240. The van der Waals surface area contributed by atoms with Crippen LogP contribution in [-0.2, 0) is 6.42 Å². The van der Waals surface area contributed by atoms with Gasteiger partial charge in [0.2, 0.25) is 0 Å². The number of benzene rings is 1. The number of nitrogens with one attached hydrogen (secondary N) is 1. The van der Waals surface area contributed by atoms with Gasteiger partial charge in [-0.15, -0.1) is 11.3 Å². The largest absolute Gasteiger partial charge is 0.482 e. The van der Waals surface area contributed by atoms with Gasteiger partial charge in [0.05, 0.1) is 23.5 Å². The number of halogens is 1. The van der Waals surface area contributed by atoms with E-state index in [1.807, 2.05) is 24.3 Å². The van der Waals surface area contributed by atoms with E-state index in [1.54, 1.807) is 36.0 Å². The summed E-state index contributed by atoms with van der Waals surface area (Å²) in [5.74, 6) is 1.91. The van der Waals surface area contributed by atoms with Crippen LogP contribution in [0.1, 0.15) is 42.0 Å². The van der Waals surface area contributed by atoms with E-state index in [1.165, 1.54) is 11.3 Å². The number of aliphatic hydroxyl groups excluding tert-OH is 2. The SMILES string of the molecule is OCC(O)c1csc(Nc2ncc(Oc3ccccc3Cl)cc2OC2CCCc3ncccc32)n1. The van der Waals surface area contributed by atoms with Crippen LogP contribution in [0.25, 0.3) is 0 Å². The third-order valence-corrected chi connectivity index (χ3v) is 6.66. The van der Waals surface area contributed by atoms with Crippen molar-refractivity contribution in [3.63, 3.8) is 0 Å². The van der Waals surface area contributed by atoms with E-state index in [-0.39, 0.29) is 6.10 Å². The molecule has 8 nitrogen and oxygen atoms in total. The molecule has 0 aliphatic heterocycles. The first-order valence-corrected chi connectivity index (χ1v) is 12.4. The molecule has 10 heteroatoms. The highest BCUT2D eigenvalue weighted by Crippen LogP contribution is 2.39. The quantitative estimate of drug-likeness (QED) is 0.281. The summed E-state index contributed by atoms with van der Waals surface area (Å²) in [4.78, 5) is 13.4. The number of para-hydroxylation sites is 1. The molecule has 3 N–H and O–H groups in total. The molecule has 0 bridgehead atoms. The van der Waals surface area contributed by atoms with Gasteiger partial charge in [-0.2, -0.15) is 0 Å². The summed E-state index contributed by atoms with van der Waals surface area (Å²) in [7, 11) is 0. The molecule has 2 atom stereocenters. The lowest BCUT2D eigenvalue weighted by Crippen LogP contribution is -2.17. The zero-order chi connectivity index (χ0) is 24.2. The second-order valence-electron chi connectivity index (χ2n) is 7.99. The standard InChI is InChI=1S/C25H23ClN4O4S/c26-17-6-1-2-8-22(17)33-15-11-23(34-21-9-3-7-18-16(21)5-4-10-27-18)24(28-12-15)30-25-29-19(14-35-25)20(32)13-31/h1-2,4-6,8,10-12,14,20-21,31-32H,3,7,9,13H2,(H,28,29,30). The molecule has 0 saturated heterocycles. The van der Waals surface area contributed by atoms with Crippen LogP contribution < -0.4 is 14.8 Å². The Morgan fingerprint density at radius 2 is 2.06 bits per heavy atom. The van der Waals surface area contributed by atoms with E-state index in [0.29, 0.717) is 38.9 Å². The van der Waals surface area contributed by atoms with Crippen molar-refractivity contribution in [2.24, 2.45) is 0 Å². The molecule has 0 fully saturated rings. The van der Waals surface area contributed by atoms with Crippen molar-refractivity contribution in [1.29, 1.82) is 0 Å². The molecule has 3 aromatic heterocycles. The lowest BCUT2D eigenvalue weighted by molar-refractivity contribution is 0.0928. The number of hydrogen-bond acceptors (Lipinski definition) is 9. The van der Waals surface area contributed by atoms with Gasteiger partial charge in [0.25, 0.3) is 0 Å². The molecule has 0 amide bonds. The van der Waals surface area contributed by atoms with Gasteiger partial charge >= 0.3 is 0 Å². The van der Waals surface area contributed by atoms with Crippen LogP contribution in [0.15, 0.2) is 60.2 Å². The molecule has 3 heterocycles. The van der Waals surface area contributed by atoms with Crippen LogP contribution in [0.4, 0.5) is 10.9 Å². The normalized spacial score (nSPS) is 15.8. The van der Waals surface area contributed by atoms with E-state index in [2.05, 4.69) is 20.3 Å². The molecule has 0 spiro atoms. The molecule has 0 radical (unpaired) electrons. The van der Waals surface area contributed by atoms with Gasteiger partial charge in [0, 0.05) is 28.9 Å². The monoisotopic (exact) mass is 510 g/mol. The first-order valence-electron chi connectivity index (χ1n) is 11.1. The molecule has 1 aliphatic carbocycles. The molecule has 1 aliphatic rings. The fourth-order valence-corrected chi connectivity index (χ4v) is 4.78. The number of aliphatic hydroxyl groups is 2. The maximum absolute atomic E-state index is 9.86. The van der Waals surface area contributed by atoms with Crippen molar-refractivity contribution in [2.75, 3.05) is 11.9 Å². The zero-order valence-electron chi connectivity index (χ0n) is 18.6. The Hall–Kier alpha value is -3.24. The average Bonchev–Trinajstić information content (AvgIpc) is 3.35. The summed E-state index contributed by atoms with van der Waals surface area (Å²) >= 11 is 7.56. The van der Waals surface area contributed by atoms with Gasteiger partial charge in [0.1, 0.15) is 23.7 Å². The highest BCUT2D eigenvalue weighted by molar-refractivity contribution is 7.13. The second kappa shape index (κ2) is 10.6. The van der Waals surface area contributed by atoms with Gasteiger partial charge in [-0.05, 0) is 37.5 Å². The van der Waals surface area contributed by atoms with Crippen molar-refractivity contribution in [1.82, 2.24) is 15.0 Å². The van der Waals surface area contributed by atoms with E-state index in [4.69, 9.17) is 21.1 Å². The molecule has 180 valence electrons. The Morgan fingerprint density at radius 3 is 2.91 bits per heavy atom. The lowest BCUT2D eigenvalue weighted by atomic mass is 9.93. The van der Waals surface area contributed by atoms with Gasteiger partial charge in [0.15, 0.2) is 16.7 Å². The Bertz CT molecular complexity index is 1320. The predicted octanol–water partition coefficient (Wildman–Crippen LogP) is 5.60. The zero-order valence-corrected chi connectivity index (χ0v) is 20.2. The number of pyridine rings is 2. The fourth-order valence-electron chi connectivity index (χ4n) is 3.85. The van der Waals surface area contributed by atoms with Crippen LogP contribution in [0.5, 0.6) is 17.2 Å². The number of anilines is 2. The molecule has 35 heavy (non-hydrogen) atoms. The highest BCUT2D eigenvalue weighted by atomic mass is 35.5. The summed E-state index contributed by atoms with van der Waals surface area (Å²) in [5, 5.41) is 24.9. The number of rotatable bonds is 8. The summed E-state index contributed by atoms with van der Waals surface area (Å²) < 4.78 is 12.5. The van der Waals surface area contributed by atoms with Gasteiger partial charge < -0.3 is 25.0 Å². The number of fused-ring (bicyclic) bond motifs is 1. The summed E-state index contributed by atoms with van der Waals surface area (Å²) in [6.45, 7) is -0.404. The third kappa shape index (κ3) is 5.38. The summed E-state index contributed by atoms with van der Waals surface area (Å²) in [6, 6.07) is 12.9. The number of aromatic nitrogens is 3. The maximum atomic E-state index is 9.86. The molecule has 0 saturated carbocycles. The first kappa shape index (κ1) is 23.5. The van der Waals surface area contributed by atoms with Crippen molar-refractivity contribution in [3.05, 3.63) is 82.2 Å². The lowest BCUT2D eigenvalue weighted by Gasteiger charge is -2.26. The van der Waals surface area contributed by atoms with Crippen LogP contribution in [0.2, 0.25) is 5.02 Å². The van der Waals surface area contributed by atoms with Crippen LogP contribution in [0.3, 0.4) is 0 Å². The summed E-state index contributed by atoms with van der Waals surface area (Å²) in [5.41, 5.74) is 2.48. The molecular formula is C25H23ClN4O4S.